The number of nitrogens with zero attached hydrogens (tertiary/aromatic N) is 2. The third-order valence-electron chi connectivity index (χ3n) is 2.03. The molecule has 0 aliphatic carbocycles. The topological polar surface area (TPSA) is 15.6 Å². The van der Waals surface area contributed by atoms with Crippen molar-refractivity contribution in [1.29, 1.82) is 0 Å². The fourth-order valence-electron chi connectivity index (χ4n) is 1.35. The van der Waals surface area contributed by atoms with Crippen LogP contribution >= 0.6 is 23.4 Å². The van der Waals surface area contributed by atoms with Gasteiger partial charge in [-0.3, -0.25) is 4.99 Å². The van der Waals surface area contributed by atoms with Gasteiger partial charge in [0, 0.05) is 25.7 Å². The summed E-state index contributed by atoms with van der Waals surface area (Å²) < 4.78 is 0. The zero-order valence-electron chi connectivity index (χ0n) is 9.20. The van der Waals surface area contributed by atoms with Crippen molar-refractivity contribution in [2.45, 2.75) is 6.54 Å². The first-order valence-corrected chi connectivity index (χ1v) is 6.24. The van der Waals surface area contributed by atoms with Crippen molar-refractivity contribution in [3.8, 4) is 0 Å². The molecule has 0 radical (unpaired) electrons. The van der Waals surface area contributed by atoms with Crippen LogP contribution in [0, 0.1) is 0 Å². The second-order valence-electron chi connectivity index (χ2n) is 3.19. The molecule has 15 heavy (non-hydrogen) atoms. The molecule has 0 aliphatic heterocycles. The Labute approximate surface area is 100 Å². The van der Waals surface area contributed by atoms with Crippen molar-refractivity contribution >= 4 is 28.5 Å². The monoisotopic (exact) mass is 242 g/mol. The smallest absolute Gasteiger partial charge is 0.158 e. The average Bonchev–Trinajstić information content (AvgIpc) is 2.23. The highest BCUT2D eigenvalue weighted by molar-refractivity contribution is 8.13. The number of hydrogen-bond acceptors (Lipinski definition) is 2. The summed E-state index contributed by atoms with van der Waals surface area (Å²) in [7, 11) is 3.84. The fourth-order valence-corrected chi connectivity index (χ4v) is 2.03. The number of halogens is 1. The van der Waals surface area contributed by atoms with Gasteiger partial charge in [-0.05, 0) is 24.0 Å². The first-order valence-electron chi connectivity index (χ1n) is 4.63. The summed E-state index contributed by atoms with van der Waals surface area (Å²) in [6.45, 7) is 0.852. The lowest BCUT2D eigenvalue weighted by atomic mass is 10.2. The minimum Gasteiger partial charge on any atom is -0.350 e. The summed E-state index contributed by atoms with van der Waals surface area (Å²) in [5, 5.41) is 1.81. The molecule has 0 amide bonds. The second kappa shape index (κ2) is 6.03. The molecule has 0 atom stereocenters. The minimum atomic E-state index is 0.774. The lowest BCUT2D eigenvalue weighted by Crippen LogP contribution is -2.23. The van der Waals surface area contributed by atoms with Gasteiger partial charge in [-0.25, -0.2) is 0 Å². The van der Waals surface area contributed by atoms with E-state index in [2.05, 4.69) is 9.89 Å². The lowest BCUT2D eigenvalue weighted by molar-refractivity contribution is 0.510. The molecule has 0 unspecified atom stereocenters. The van der Waals surface area contributed by atoms with Gasteiger partial charge >= 0.3 is 0 Å². The molecule has 0 aliphatic rings. The van der Waals surface area contributed by atoms with E-state index in [4.69, 9.17) is 11.6 Å². The normalized spacial score (nSPS) is 11.6. The highest BCUT2D eigenvalue weighted by Gasteiger charge is 2.04. The summed E-state index contributed by atoms with van der Waals surface area (Å²) >= 11 is 7.47. The molecule has 0 aromatic heterocycles. The van der Waals surface area contributed by atoms with E-state index >= 15 is 0 Å². The van der Waals surface area contributed by atoms with Crippen molar-refractivity contribution in [3.63, 3.8) is 0 Å². The molecule has 4 heteroatoms. The van der Waals surface area contributed by atoms with Crippen LogP contribution in [-0.4, -0.2) is 30.4 Å². The molecule has 0 saturated carbocycles. The van der Waals surface area contributed by atoms with Gasteiger partial charge < -0.3 is 4.90 Å². The molecular weight excluding hydrogens is 228 g/mol. The maximum atomic E-state index is 5.82. The largest absolute Gasteiger partial charge is 0.350 e. The zero-order valence-corrected chi connectivity index (χ0v) is 10.8. The van der Waals surface area contributed by atoms with Crippen LogP contribution in [-0.2, 0) is 6.54 Å². The molecule has 0 heterocycles. The predicted octanol–water partition coefficient (Wildman–Crippen LogP) is 3.12. The molecule has 1 rings (SSSR count). The van der Waals surface area contributed by atoms with Crippen molar-refractivity contribution < 1.29 is 0 Å². The van der Waals surface area contributed by atoms with Crippen molar-refractivity contribution in [2.75, 3.05) is 20.4 Å². The van der Waals surface area contributed by atoms with Gasteiger partial charge in [-0.2, -0.15) is 0 Å². The Morgan fingerprint density at radius 3 is 2.47 bits per heavy atom. The Balaban J connectivity index is 2.65. The lowest BCUT2D eigenvalue weighted by Gasteiger charge is -2.19. The molecule has 1 aromatic carbocycles. The van der Waals surface area contributed by atoms with Crippen molar-refractivity contribution in [1.82, 2.24) is 4.90 Å². The van der Waals surface area contributed by atoms with E-state index in [9.17, 15) is 0 Å². The molecule has 0 bridgehead atoms. The molecule has 0 saturated heterocycles. The minimum absolute atomic E-state index is 0.774. The van der Waals surface area contributed by atoms with Gasteiger partial charge in [0.25, 0.3) is 0 Å². The first kappa shape index (κ1) is 12.4. The third-order valence-corrected chi connectivity index (χ3v) is 3.14. The van der Waals surface area contributed by atoms with Gasteiger partial charge in [0.1, 0.15) is 0 Å². The predicted molar refractivity (Wildman–Crippen MR) is 69.8 cm³/mol. The van der Waals surface area contributed by atoms with Crippen molar-refractivity contribution in [3.05, 3.63) is 34.9 Å². The van der Waals surface area contributed by atoms with Gasteiger partial charge in [0.15, 0.2) is 5.17 Å². The van der Waals surface area contributed by atoms with Gasteiger partial charge in [0.2, 0.25) is 0 Å². The zero-order chi connectivity index (χ0) is 11.3. The standard InChI is InChI=1S/C11H15ClN2S/c1-13-11(15-3)14(2)8-9-4-6-10(12)7-5-9/h4-7H,8H2,1-3H3/b13-11-. The average molecular weight is 243 g/mol. The van der Waals surface area contributed by atoms with Crippen LogP contribution in [0.4, 0.5) is 0 Å². The number of amidine groups is 1. The number of benzene rings is 1. The Bertz CT molecular complexity index is 335. The highest BCUT2D eigenvalue weighted by atomic mass is 35.5. The molecule has 82 valence electrons. The summed E-state index contributed by atoms with van der Waals surface area (Å²) in [5.41, 5.74) is 1.23. The van der Waals surface area contributed by atoms with E-state index in [1.165, 1.54) is 5.56 Å². The highest BCUT2D eigenvalue weighted by Crippen LogP contribution is 2.12. The van der Waals surface area contributed by atoms with Crippen LogP contribution in [0.5, 0.6) is 0 Å². The second-order valence-corrected chi connectivity index (χ2v) is 4.40. The van der Waals surface area contributed by atoms with Crippen LogP contribution in [0.3, 0.4) is 0 Å². The third kappa shape index (κ3) is 3.76. The van der Waals surface area contributed by atoms with Crippen LogP contribution in [0.15, 0.2) is 29.3 Å². The summed E-state index contributed by atoms with van der Waals surface area (Å²) in [4.78, 5) is 6.32. The van der Waals surface area contributed by atoms with Crippen LogP contribution < -0.4 is 0 Å². The molecule has 0 N–H and O–H groups in total. The molecule has 1 aromatic rings. The molecule has 0 spiro atoms. The Hall–Kier alpha value is -0.670. The van der Waals surface area contributed by atoms with E-state index < -0.39 is 0 Å². The van der Waals surface area contributed by atoms with Crippen molar-refractivity contribution in [2.24, 2.45) is 4.99 Å². The van der Waals surface area contributed by atoms with E-state index in [1.807, 2.05) is 44.6 Å². The van der Waals surface area contributed by atoms with E-state index in [1.54, 1.807) is 11.8 Å². The van der Waals surface area contributed by atoms with Gasteiger partial charge in [-0.15, -0.1) is 0 Å². The Morgan fingerprint density at radius 2 is 2.00 bits per heavy atom. The Morgan fingerprint density at radius 1 is 1.40 bits per heavy atom. The van der Waals surface area contributed by atoms with E-state index in [0.717, 1.165) is 16.7 Å². The quantitative estimate of drug-likeness (QED) is 0.585. The van der Waals surface area contributed by atoms with Gasteiger partial charge in [-0.1, -0.05) is 35.5 Å². The Kier molecular flexibility index (Phi) is 4.99. The van der Waals surface area contributed by atoms with Crippen LogP contribution in [0.2, 0.25) is 5.02 Å². The fraction of sp³-hybridized carbons (Fsp3) is 0.364. The summed E-state index contributed by atoms with van der Waals surface area (Å²) in [6.07, 6.45) is 2.03. The van der Waals surface area contributed by atoms with E-state index in [0.29, 0.717) is 0 Å². The number of thioether (sulfide) groups is 1. The van der Waals surface area contributed by atoms with E-state index in [-0.39, 0.29) is 0 Å². The summed E-state index contributed by atoms with van der Waals surface area (Å²) in [6, 6.07) is 7.89. The van der Waals surface area contributed by atoms with Gasteiger partial charge in [0.05, 0.1) is 0 Å². The number of hydrogen-bond donors (Lipinski definition) is 0. The maximum Gasteiger partial charge on any atom is 0.158 e. The molecule has 0 fully saturated rings. The van der Waals surface area contributed by atoms with Crippen LogP contribution in [0.25, 0.3) is 0 Å². The SMILES string of the molecule is C/N=C(\SC)N(C)Cc1ccc(Cl)cc1. The van der Waals surface area contributed by atoms with Crippen LogP contribution in [0.1, 0.15) is 5.56 Å². The molecular formula is C11H15ClN2S. The first-order chi connectivity index (χ1) is 7.17. The maximum absolute atomic E-state index is 5.82. The molecule has 2 nitrogen and oxygen atoms in total. The number of rotatable bonds is 2. The number of aliphatic imine (C=N–C) groups is 1. The summed E-state index contributed by atoms with van der Waals surface area (Å²) in [5.74, 6) is 0.